The normalized spacial score (nSPS) is 15.6. The highest BCUT2D eigenvalue weighted by atomic mass is 16.5. The molecule has 8 heteroatoms. The topological polar surface area (TPSA) is 101 Å². The van der Waals surface area contributed by atoms with E-state index in [1.54, 1.807) is 42.5 Å². The molecule has 0 radical (unpaired) electrons. The van der Waals surface area contributed by atoms with Crippen LogP contribution in [-0.4, -0.2) is 33.6 Å². The van der Waals surface area contributed by atoms with Crippen LogP contribution in [0, 0.1) is 13.8 Å². The molecule has 2 N–H and O–H groups in total. The lowest BCUT2D eigenvalue weighted by Crippen LogP contribution is -2.35. The van der Waals surface area contributed by atoms with Crippen LogP contribution in [-0.2, 0) is 14.4 Å². The van der Waals surface area contributed by atoms with Crippen LogP contribution in [0.15, 0.2) is 66.2 Å². The van der Waals surface area contributed by atoms with Gasteiger partial charge in [0, 0.05) is 17.1 Å². The van der Waals surface area contributed by atoms with E-state index >= 15 is 0 Å². The van der Waals surface area contributed by atoms with Gasteiger partial charge in [0.25, 0.3) is 11.8 Å². The number of carboxylic acid groups (broad SMARTS) is 1. The highest BCUT2D eigenvalue weighted by molar-refractivity contribution is 6.31. The average Bonchev–Trinajstić information content (AvgIpc) is 3.24. The summed E-state index contributed by atoms with van der Waals surface area (Å²) in [6.45, 7) is 5.30. The minimum Gasteiger partial charge on any atom is -0.479 e. The molecule has 4 rings (SSSR count). The number of nitrogens with zero attached hydrogens (tertiary/aromatic N) is 2. The van der Waals surface area contributed by atoms with Gasteiger partial charge in [-0.15, -0.1) is 0 Å². The molecule has 1 aromatic heterocycles. The second-order valence-electron chi connectivity index (χ2n) is 7.73. The molecule has 33 heavy (non-hydrogen) atoms. The minimum absolute atomic E-state index is 0.0607. The lowest BCUT2D eigenvalue weighted by molar-refractivity contribution is -0.144. The number of carboxylic acids is 1. The third-order valence-electron chi connectivity index (χ3n) is 5.43. The minimum atomic E-state index is -1.04. The van der Waals surface area contributed by atoms with Crippen molar-refractivity contribution in [3.8, 4) is 11.4 Å². The molecule has 1 saturated heterocycles. The Morgan fingerprint density at radius 2 is 1.70 bits per heavy atom. The van der Waals surface area contributed by atoms with Crippen molar-refractivity contribution >= 4 is 29.5 Å². The molecule has 8 nitrogen and oxygen atoms in total. The number of nitrogens with one attached hydrogen (secondary N) is 1. The standard InChI is InChI=1S/C25H23N3O5/c1-15-13-18(14-22-23(29)26-28(24(22)30)20-7-5-4-6-8-20)16(2)27(15)19-9-11-21(12-10-19)33-17(3)25(31)32/h4-14,17H,1-3H3,(H,26,29)(H,31,32)/b22-14-/t17-/m0/s1. The van der Waals surface area contributed by atoms with Crippen molar-refractivity contribution in [2.24, 2.45) is 0 Å². The van der Waals surface area contributed by atoms with E-state index in [1.165, 1.54) is 11.9 Å². The molecule has 168 valence electrons. The molecule has 2 aromatic carbocycles. The molecule has 0 unspecified atom stereocenters. The quantitative estimate of drug-likeness (QED) is 0.447. The summed E-state index contributed by atoms with van der Waals surface area (Å²) in [5.41, 5.74) is 6.62. The van der Waals surface area contributed by atoms with Gasteiger partial charge in [0.1, 0.15) is 11.3 Å². The largest absolute Gasteiger partial charge is 0.479 e. The van der Waals surface area contributed by atoms with Crippen LogP contribution < -0.4 is 15.2 Å². The van der Waals surface area contributed by atoms with Crippen molar-refractivity contribution in [2.45, 2.75) is 26.9 Å². The van der Waals surface area contributed by atoms with E-state index in [2.05, 4.69) is 5.43 Å². The number of para-hydroxylation sites is 1. The van der Waals surface area contributed by atoms with Crippen LogP contribution in [0.4, 0.5) is 5.69 Å². The van der Waals surface area contributed by atoms with Crippen LogP contribution in [0.1, 0.15) is 23.9 Å². The Kier molecular flexibility index (Phi) is 5.74. The number of rotatable bonds is 6. The molecular weight excluding hydrogens is 422 g/mol. The van der Waals surface area contributed by atoms with Gasteiger partial charge in [-0.25, -0.2) is 9.80 Å². The van der Waals surface area contributed by atoms with Crippen molar-refractivity contribution in [1.29, 1.82) is 0 Å². The molecule has 2 heterocycles. The second kappa shape index (κ2) is 8.66. The maximum Gasteiger partial charge on any atom is 0.344 e. The van der Waals surface area contributed by atoms with Gasteiger partial charge in [-0.2, -0.15) is 0 Å². The fraction of sp³-hybridized carbons (Fsp3) is 0.160. The number of amides is 2. The number of aliphatic carboxylic acids is 1. The number of carbonyl (C=O) groups excluding carboxylic acids is 2. The summed E-state index contributed by atoms with van der Waals surface area (Å²) in [6, 6.07) is 17.9. The van der Waals surface area contributed by atoms with Gasteiger partial charge in [0.15, 0.2) is 6.10 Å². The first-order valence-electron chi connectivity index (χ1n) is 10.4. The van der Waals surface area contributed by atoms with Gasteiger partial charge in [-0.3, -0.25) is 15.0 Å². The number of hydrogen-bond donors (Lipinski definition) is 2. The lowest BCUT2D eigenvalue weighted by Gasteiger charge is -2.14. The van der Waals surface area contributed by atoms with Crippen molar-refractivity contribution in [3.63, 3.8) is 0 Å². The van der Waals surface area contributed by atoms with Crippen molar-refractivity contribution in [1.82, 2.24) is 9.99 Å². The Morgan fingerprint density at radius 3 is 2.33 bits per heavy atom. The first kappa shape index (κ1) is 21.9. The predicted octanol–water partition coefficient (Wildman–Crippen LogP) is 3.41. The van der Waals surface area contributed by atoms with E-state index in [0.29, 0.717) is 11.4 Å². The van der Waals surface area contributed by atoms with Gasteiger partial charge in [0.2, 0.25) is 0 Å². The molecule has 1 fully saturated rings. The van der Waals surface area contributed by atoms with Gasteiger partial charge in [0.05, 0.1) is 5.69 Å². The van der Waals surface area contributed by atoms with E-state index in [9.17, 15) is 14.4 Å². The maximum atomic E-state index is 12.9. The number of aryl methyl sites for hydroxylation is 1. The van der Waals surface area contributed by atoms with Gasteiger partial charge >= 0.3 is 5.97 Å². The molecule has 1 atom stereocenters. The van der Waals surface area contributed by atoms with Crippen LogP contribution in [0.25, 0.3) is 11.8 Å². The number of aromatic nitrogens is 1. The van der Waals surface area contributed by atoms with E-state index < -0.39 is 23.9 Å². The van der Waals surface area contributed by atoms with Crippen molar-refractivity contribution in [3.05, 3.63) is 83.2 Å². The molecule has 1 aliphatic rings. The summed E-state index contributed by atoms with van der Waals surface area (Å²) in [6.07, 6.45) is 0.653. The lowest BCUT2D eigenvalue weighted by atomic mass is 10.1. The molecule has 2 amide bonds. The first-order chi connectivity index (χ1) is 15.8. The Morgan fingerprint density at radius 1 is 1.03 bits per heavy atom. The molecule has 1 aliphatic heterocycles. The number of ether oxygens (including phenoxy) is 1. The molecule has 0 spiro atoms. The van der Waals surface area contributed by atoms with Crippen molar-refractivity contribution in [2.75, 3.05) is 5.01 Å². The summed E-state index contributed by atoms with van der Waals surface area (Å²) >= 11 is 0. The number of anilines is 1. The van der Waals surface area contributed by atoms with Crippen molar-refractivity contribution < 1.29 is 24.2 Å². The number of benzene rings is 2. The summed E-state index contributed by atoms with van der Waals surface area (Å²) in [5.74, 6) is -1.45. The van der Waals surface area contributed by atoms with E-state index in [-0.39, 0.29) is 5.57 Å². The Hall–Kier alpha value is -4.33. The van der Waals surface area contributed by atoms with E-state index in [1.807, 2.05) is 42.7 Å². The smallest absolute Gasteiger partial charge is 0.344 e. The van der Waals surface area contributed by atoms with E-state index in [0.717, 1.165) is 22.6 Å². The maximum absolute atomic E-state index is 12.9. The third-order valence-corrected chi connectivity index (χ3v) is 5.43. The Labute approximate surface area is 190 Å². The molecule has 0 saturated carbocycles. The first-order valence-corrected chi connectivity index (χ1v) is 10.4. The van der Waals surface area contributed by atoms with E-state index in [4.69, 9.17) is 9.84 Å². The molecule has 0 bridgehead atoms. The highest BCUT2D eigenvalue weighted by Gasteiger charge is 2.34. The Bertz CT molecular complexity index is 1260. The number of carbonyl (C=O) groups is 3. The predicted molar refractivity (Wildman–Crippen MR) is 123 cm³/mol. The molecule has 3 aromatic rings. The average molecular weight is 445 g/mol. The zero-order valence-corrected chi connectivity index (χ0v) is 18.4. The summed E-state index contributed by atoms with van der Waals surface area (Å²) in [7, 11) is 0. The second-order valence-corrected chi connectivity index (χ2v) is 7.73. The number of hydrogen-bond acceptors (Lipinski definition) is 4. The third kappa shape index (κ3) is 4.23. The van der Waals surface area contributed by atoms with Gasteiger partial charge in [-0.05, 0) is 74.9 Å². The fourth-order valence-corrected chi connectivity index (χ4v) is 3.73. The number of hydrazine groups is 1. The van der Waals surface area contributed by atoms with Gasteiger partial charge < -0.3 is 14.4 Å². The molecule has 0 aliphatic carbocycles. The van der Waals surface area contributed by atoms with Crippen LogP contribution in [0.3, 0.4) is 0 Å². The highest BCUT2D eigenvalue weighted by Crippen LogP contribution is 2.27. The monoisotopic (exact) mass is 445 g/mol. The summed E-state index contributed by atoms with van der Waals surface area (Å²) in [5, 5.41) is 10.2. The zero-order valence-electron chi connectivity index (χ0n) is 18.4. The summed E-state index contributed by atoms with van der Waals surface area (Å²) < 4.78 is 7.38. The zero-order chi connectivity index (χ0) is 23.7. The van der Waals surface area contributed by atoms with Crippen LogP contribution in [0.2, 0.25) is 0 Å². The van der Waals surface area contributed by atoms with Crippen LogP contribution >= 0.6 is 0 Å². The SMILES string of the molecule is Cc1cc(/C=C2/C(=O)NN(c3ccccc3)C2=O)c(C)n1-c1ccc(O[C@@H](C)C(=O)O)cc1. The van der Waals surface area contributed by atoms with Gasteiger partial charge in [-0.1, -0.05) is 18.2 Å². The molecular formula is C25H23N3O5. The van der Waals surface area contributed by atoms with Crippen LogP contribution in [0.5, 0.6) is 5.75 Å². The Balaban J connectivity index is 1.62. The fourth-order valence-electron chi connectivity index (χ4n) is 3.73. The summed E-state index contributed by atoms with van der Waals surface area (Å²) in [4.78, 5) is 36.4.